The average Bonchev–Trinajstić information content (AvgIpc) is 1.85. The molecule has 1 atom stereocenters. The van der Waals surface area contributed by atoms with E-state index in [2.05, 4.69) is 6.92 Å². The fourth-order valence-electron chi connectivity index (χ4n) is 0.516. The second kappa shape index (κ2) is 6.66. The van der Waals surface area contributed by atoms with Gasteiger partial charge in [0.1, 0.15) is 11.6 Å². The molecule has 1 unspecified atom stereocenters. The fraction of sp³-hybridized carbons (Fsp3) is 1.00. The first-order valence-corrected chi connectivity index (χ1v) is 4.10. The van der Waals surface area contributed by atoms with Crippen molar-refractivity contribution in [1.82, 2.24) is 0 Å². The Balaban J connectivity index is 2.95. The molecule has 0 aliphatic carbocycles. The van der Waals surface area contributed by atoms with Gasteiger partial charge in [0.15, 0.2) is 0 Å². The minimum Gasteiger partial charge on any atom is -0.347 e. The monoisotopic (exact) mass is 170 g/mol. The summed E-state index contributed by atoms with van der Waals surface area (Å²) in [6.45, 7) is 2.12. The molecule has 0 amide bonds. The highest BCUT2D eigenvalue weighted by atomic mass is 35.5. The Morgan fingerprint density at radius 2 is 2.22 bits per heavy atom. The molecule has 0 spiro atoms. The van der Waals surface area contributed by atoms with Crippen LogP contribution in [0.15, 0.2) is 0 Å². The summed E-state index contributed by atoms with van der Waals surface area (Å²) in [5.41, 5.74) is -0.192. The number of hydrogen-bond donors (Lipinski definition) is 0. The van der Waals surface area contributed by atoms with Crippen molar-refractivity contribution in [2.45, 2.75) is 31.7 Å². The van der Waals surface area contributed by atoms with Crippen LogP contribution in [0.5, 0.6) is 0 Å². The van der Waals surface area contributed by atoms with E-state index in [9.17, 15) is 0 Å². The van der Waals surface area contributed by atoms with Gasteiger partial charge in [-0.2, -0.15) is 0 Å². The lowest BCUT2D eigenvalue weighted by molar-refractivity contribution is 0.140. The van der Waals surface area contributed by atoms with Crippen molar-refractivity contribution < 1.29 is 4.74 Å². The van der Waals surface area contributed by atoms with E-state index in [4.69, 9.17) is 27.9 Å². The zero-order valence-corrected chi connectivity index (χ0v) is 7.08. The molecule has 0 N–H and O–H groups in total. The van der Waals surface area contributed by atoms with Crippen molar-refractivity contribution in [2.75, 3.05) is 6.07 Å². The van der Waals surface area contributed by atoms with Gasteiger partial charge in [0, 0.05) is 0 Å². The predicted molar refractivity (Wildman–Crippen MR) is 41.0 cm³/mol. The van der Waals surface area contributed by atoms with Crippen molar-refractivity contribution in [2.24, 2.45) is 0 Å². The van der Waals surface area contributed by atoms with Gasteiger partial charge in [-0.15, -0.1) is 0 Å². The standard InChI is InChI=1S/C6H12Cl2O/c1-2-3-4-6(8)9-5-7/h6H,2-5H2,1H3. The van der Waals surface area contributed by atoms with Crippen LogP contribution in [0.2, 0.25) is 0 Å². The van der Waals surface area contributed by atoms with Crippen LogP contribution < -0.4 is 0 Å². The van der Waals surface area contributed by atoms with Crippen LogP contribution in [0, 0.1) is 0 Å². The number of alkyl halides is 2. The smallest absolute Gasteiger partial charge is 0.132 e. The maximum absolute atomic E-state index is 5.65. The quantitative estimate of drug-likeness (QED) is 0.577. The Morgan fingerprint density at radius 3 is 2.67 bits per heavy atom. The third-order valence-corrected chi connectivity index (χ3v) is 1.50. The Bertz CT molecular complexity index is 59.0. The van der Waals surface area contributed by atoms with Crippen LogP contribution in [0.3, 0.4) is 0 Å². The Kier molecular flexibility index (Phi) is 7.06. The summed E-state index contributed by atoms with van der Waals surface area (Å²) in [5.74, 6) is 0. The minimum atomic E-state index is -0.192. The molecule has 9 heavy (non-hydrogen) atoms. The molecule has 0 aromatic carbocycles. The zero-order valence-electron chi connectivity index (χ0n) is 5.57. The van der Waals surface area contributed by atoms with E-state index in [-0.39, 0.29) is 11.6 Å². The van der Waals surface area contributed by atoms with Gasteiger partial charge in [0.2, 0.25) is 0 Å². The summed E-state index contributed by atoms with van der Waals surface area (Å²) in [5, 5.41) is 0. The summed E-state index contributed by atoms with van der Waals surface area (Å²) < 4.78 is 4.87. The second-order valence-electron chi connectivity index (χ2n) is 1.83. The lowest BCUT2D eigenvalue weighted by atomic mass is 10.3. The molecule has 0 bridgehead atoms. The molecular weight excluding hydrogens is 159 g/mol. The lowest BCUT2D eigenvalue weighted by Gasteiger charge is -2.05. The highest BCUT2D eigenvalue weighted by Crippen LogP contribution is 2.08. The minimum absolute atomic E-state index is 0.192. The number of ether oxygens (including phenoxy) is 1. The number of unbranched alkanes of at least 4 members (excludes halogenated alkanes) is 1. The predicted octanol–water partition coefficient (Wildman–Crippen LogP) is 2.95. The van der Waals surface area contributed by atoms with Gasteiger partial charge in [0.05, 0.1) is 0 Å². The first kappa shape index (κ1) is 9.54. The third-order valence-electron chi connectivity index (χ3n) is 1.03. The zero-order chi connectivity index (χ0) is 7.11. The van der Waals surface area contributed by atoms with Crippen molar-refractivity contribution in [3.05, 3.63) is 0 Å². The second-order valence-corrected chi connectivity index (χ2v) is 2.53. The summed E-state index contributed by atoms with van der Waals surface area (Å²) in [6.07, 6.45) is 3.14. The highest BCUT2D eigenvalue weighted by molar-refractivity contribution is 6.20. The SMILES string of the molecule is CCCCC(Cl)OCCl. The topological polar surface area (TPSA) is 9.23 Å². The molecule has 3 heteroatoms. The molecule has 0 rings (SSSR count). The molecule has 0 saturated heterocycles. The molecule has 0 radical (unpaired) electrons. The molecule has 1 nitrogen and oxygen atoms in total. The van der Waals surface area contributed by atoms with E-state index in [1.165, 1.54) is 0 Å². The van der Waals surface area contributed by atoms with E-state index in [0.717, 1.165) is 19.3 Å². The fourth-order valence-corrected chi connectivity index (χ4v) is 0.950. The molecule has 0 aromatic rings. The van der Waals surface area contributed by atoms with Crippen molar-refractivity contribution in [1.29, 1.82) is 0 Å². The summed E-state index contributed by atoms with van der Waals surface area (Å²) >= 11 is 10.9. The van der Waals surface area contributed by atoms with E-state index < -0.39 is 0 Å². The van der Waals surface area contributed by atoms with Gasteiger partial charge in [-0.05, 0) is 12.8 Å². The number of hydrogen-bond acceptors (Lipinski definition) is 1. The number of rotatable bonds is 5. The first-order chi connectivity index (χ1) is 4.31. The average molecular weight is 171 g/mol. The third kappa shape index (κ3) is 6.42. The van der Waals surface area contributed by atoms with E-state index >= 15 is 0 Å². The van der Waals surface area contributed by atoms with Crippen LogP contribution in [0.25, 0.3) is 0 Å². The van der Waals surface area contributed by atoms with E-state index in [0.29, 0.717) is 0 Å². The Labute approximate surface area is 66.3 Å². The molecule has 0 aromatic heterocycles. The summed E-state index contributed by atoms with van der Waals surface area (Å²) in [4.78, 5) is 0. The molecule has 0 heterocycles. The largest absolute Gasteiger partial charge is 0.347 e. The van der Waals surface area contributed by atoms with Gasteiger partial charge in [-0.25, -0.2) is 0 Å². The molecule has 0 fully saturated rings. The van der Waals surface area contributed by atoms with Crippen LogP contribution >= 0.6 is 23.2 Å². The number of halogens is 2. The highest BCUT2D eigenvalue weighted by Gasteiger charge is 2.00. The maximum Gasteiger partial charge on any atom is 0.132 e. The Hall–Kier alpha value is 0.540. The van der Waals surface area contributed by atoms with Gasteiger partial charge < -0.3 is 4.74 Å². The normalized spacial score (nSPS) is 13.7. The molecule has 56 valence electrons. The van der Waals surface area contributed by atoms with Crippen molar-refractivity contribution >= 4 is 23.2 Å². The van der Waals surface area contributed by atoms with Gasteiger partial charge in [-0.1, -0.05) is 36.5 Å². The van der Waals surface area contributed by atoms with Gasteiger partial charge >= 0.3 is 0 Å². The molecule has 0 saturated carbocycles. The molecule has 0 aliphatic rings. The Morgan fingerprint density at radius 1 is 1.56 bits per heavy atom. The molecule has 0 aliphatic heterocycles. The lowest BCUT2D eigenvalue weighted by Crippen LogP contribution is -2.02. The molecular formula is C6H12Cl2O. The van der Waals surface area contributed by atoms with E-state index in [1.54, 1.807) is 0 Å². The van der Waals surface area contributed by atoms with Gasteiger partial charge in [0.25, 0.3) is 0 Å². The van der Waals surface area contributed by atoms with Crippen LogP contribution in [-0.4, -0.2) is 11.6 Å². The maximum atomic E-state index is 5.65. The van der Waals surface area contributed by atoms with Crippen LogP contribution in [0.4, 0.5) is 0 Å². The van der Waals surface area contributed by atoms with Crippen molar-refractivity contribution in [3.8, 4) is 0 Å². The summed E-state index contributed by atoms with van der Waals surface area (Å²) in [7, 11) is 0. The van der Waals surface area contributed by atoms with Crippen LogP contribution in [0.1, 0.15) is 26.2 Å². The summed E-state index contributed by atoms with van der Waals surface area (Å²) in [6, 6.07) is 0.192. The first-order valence-electron chi connectivity index (χ1n) is 3.13. The van der Waals surface area contributed by atoms with Gasteiger partial charge in [-0.3, -0.25) is 0 Å². The van der Waals surface area contributed by atoms with Crippen molar-refractivity contribution in [3.63, 3.8) is 0 Å². The van der Waals surface area contributed by atoms with E-state index in [1.807, 2.05) is 0 Å². The van der Waals surface area contributed by atoms with Crippen LogP contribution in [-0.2, 0) is 4.74 Å².